The Morgan fingerprint density at radius 3 is 2.67 bits per heavy atom. The fourth-order valence-electron chi connectivity index (χ4n) is 1.75. The van der Waals surface area contributed by atoms with E-state index in [1.165, 1.54) is 4.90 Å². The number of carbonyl (C=O) groups excluding carboxylic acids is 2. The maximum absolute atomic E-state index is 11.8. The monoisotopic (exact) mass is 257 g/mol. The Hall–Kier alpha value is -1.79. The van der Waals surface area contributed by atoms with Crippen molar-refractivity contribution in [1.82, 2.24) is 15.5 Å². The lowest BCUT2D eigenvalue weighted by molar-refractivity contribution is -0.139. The number of piperazine rings is 1. The average molecular weight is 257 g/mol. The van der Waals surface area contributed by atoms with Gasteiger partial charge in [-0.15, -0.1) is 0 Å². The number of carboxylic acids is 1. The van der Waals surface area contributed by atoms with Crippen molar-refractivity contribution in [3.05, 3.63) is 0 Å². The third-order valence-electron chi connectivity index (χ3n) is 2.63. The Morgan fingerprint density at radius 2 is 2.17 bits per heavy atom. The predicted molar refractivity (Wildman–Crippen MR) is 64.0 cm³/mol. The predicted octanol–water partition coefficient (Wildman–Crippen LogP) is -0.373. The number of nitrogens with one attached hydrogen (secondary N) is 2. The zero-order valence-corrected chi connectivity index (χ0v) is 10.6. The van der Waals surface area contributed by atoms with Crippen molar-refractivity contribution in [1.29, 1.82) is 0 Å². The van der Waals surface area contributed by atoms with Crippen molar-refractivity contribution in [2.75, 3.05) is 19.6 Å². The highest BCUT2D eigenvalue weighted by molar-refractivity contribution is 5.87. The number of nitrogens with zero attached hydrogens (tertiary/aromatic N) is 1. The Balaban J connectivity index is 2.54. The van der Waals surface area contributed by atoms with Crippen LogP contribution in [0.25, 0.3) is 0 Å². The van der Waals surface area contributed by atoms with Gasteiger partial charge in [0.15, 0.2) is 0 Å². The second kappa shape index (κ2) is 6.23. The Kier molecular flexibility index (Phi) is 4.94. The zero-order valence-electron chi connectivity index (χ0n) is 10.6. The fraction of sp³-hybridized carbons (Fsp3) is 0.727. The molecule has 1 saturated heterocycles. The van der Waals surface area contributed by atoms with Gasteiger partial charge in [0.05, 0.1) is 0 Å². The quantitative estimate of drug-likeness (QED) is 0.639. The second-order valence-electron chi connectivity index (χ2n) is 4.74. The van der Waals surface area contributed by atoms with E-state index in [-0.39, 0.29) is 18.4 Å². The molecule has 7 nitrogen and oxygen atoms in total. The number of hydrogen-bond donors (Lipinski definition) is 3. The molecule has 7 heteroatoms. The summed E-state index contributed by atoms with van der Waals surface area (Å²) in [6.07, 6.45) is 0.362. The van der Waals surface area contributed by atoms with Gasteiger partial charge in [0.2, 0.25) is 5.91 Å². The van der Waals surface area contributed by atoms with Crippen molar-refractivity contribution in [2.45, 2.75) is 26.3 Å². The van der Waals surface area contributed by atoms with E-state index >= 15 is 0 Å². The van der Waals surface area contributed by atoms with Gasteiger partial charge >= 0.3 is 12.0 Å². The Labute approximate surface area is 106 Å². The molecule has 0 saturated carbocycles. The normalized spacial score (nSPS) is 17.3. The molecule has 18 heavy (non-hydrogen) atoms. The SMILES string of the molecule is CC(C)C[C@H](NC(=O)N1CCNC(=O)C1)C(=O)O. The van der Waals surface area contributed by atoms with Crippen molar-refractivity contribution >= 4 is 17.9 Å². The summed E-state index contributed by atoms with van der Waals surface area (Å²) >= 11 is 0. The number of carbonyl (C=O) groups is 3. The summed E-state index contributed by atoms with van der Waals surface area (Å²) in [5, 5.41) is 14.1. The van der Waals surface area contributed by atoms with Crippen LogP contribution in [0.2, 0.25) is 0 Å². The second-order valence-corrected chi connectivity index (χ2v) is 4.74. The van der Waals surface area contributed by atoms with Crippen LogP contribution in [-0.2, 0) is 9.59 Å². The van der Waals surface area contributed by atoms with Gasteiger partial charge in [-0.2, -0.15) is 0 Å². The van der Waals surface area contributed by atoms with Crippen LogP contribution < -0.4 is 10.6 Å². The smallest absolute Gasteiger partial charge is 0.326 e. The first-order chi connectivity index (χ1) is 8.40. The minimum atomic E-state index is -1.06. The summed E-state index contributed by atoms with van der Waals surface area (Å²) in [6, 6.07) is -1.42. The first kappa shape index (κ1) is 14.3. The highest BCUT2D eigenvalue weighted by Crippen LogP contribution is 2.06. The van der Waals surface area contributed by atoms with Gasteiger partial charge in [0, 0.05) is 13.1 Å². The molecule has 1 heterocycles. The van der Waals surface area contributed by atoms with Crippen LogP contribution >= 0.6 is 0 Å². The molecule has 0 aromatic carbocycles. The number of amides is 3. The van der Waals surface area contributed by atoms with E-state index in [4.69, 9.17) is 5.11 Å². The number of urea groups is 1. The van der Waals surface area contributed by atoms with Crippen molar-refractivity contribution < 1.29 is 19.5 Å². The van der Waals surface area contributed by atoms with Crippen LogP contribution in [-0.4, -0.2) is 53.6 Å². The molecule has 0 unspecified atom stereocenters. The molecule has 1 atom stereocenters. The van der Waals surface area contributed by atoms with Crippen LogP contribution in [0.5, 0.6) is 0 Å². The van der Waals surface area contributed by atoms with Crippen LogP contribution in [0.15, 0.2) is 0 Å². The molecule has 0 radical (unpaired) electrons. The molecule has 1 aliphatic heterocycles. The van der Waals surface area contributed by atoms with Crippen molar-refractivity contribution in [2.24, 2.45) is 5.92 Å². The van der Waals surface area contributed by atoms with Gasteiger partial charge in [-0.05, 0) is 12.3 Å². The highest BCUT2D eigenvalue weighted by Gasteiger charge is 2.26. The molecular weight excluding hydrogens is 238 g/mol. The maximum atomic E-state index is 11.8. The van der Waals surface area contributed by atoms with Crippen LogP contribution in [0.3, 0.4) is 0 Å². The largest absolute Gasteiger partial charge is 0.480 e. The van der Waals surface area contributed by atoms with Crippen LogP contribution in [0.1, 0.15) is 20.3 Å². The van der Waals surface area contributed by atoms with Crippen LogP contribution in [0.4, 0.5) is 4.79 Å². The molecule has 0 aromatic heterocycles. The fourth-order valence-corrected chi connectivity index (χ4v) is 1.75. The summed E-state index contributed by atoms with van der Waals surface area (Å²) in [5.41, 5.74) is 0. The summed E-state index contributed by atoms with van der Waals surface area (Å²) < 4.78 is 0. The lowest BCUT2D eigenvalue weighted by Gasteiger charge is -2.28. The number of carboxylic acid groups (broad SMARTS) is 1. The number of aliphatic carboxylic acids is 1. The Bertz CT molecular complexity index is 343. The third kappa shape index (κ3) is 4.23. The van der Waals surface area contributed by atoms with E-state index in [1.807, 2.05) is 13.8 Å². The van der Waals surface area contributed by atoms with E-state index in [2.05, 4.69) is 10.6 Å². The van der Waals surface area contributed by atoms with Gasteiger partial charge in [0.1, 0.15) is 12.6 Å². The van der Waals surface area contributed by atoms with Gasteiger partial charge in [0.25, 0.3) is 0 Å². The summed E-state index contributed by atoms with van der Waals surface area (Å²) in [5.74, 6) is -1.12. The standard InChI is InChI=1S/C11H19N3O4/c1-7(2)5-8(10(16)17)13-11(18)14-4-3-12-9(15)6-14/h7-8H,3-6H2,1-2H3,(H,12,15)(H,13,18)(H,16,17)/t8-/m0/s1. The average Bonchev–Trinajstić information content (AvgIpc) is 2.27. The summed E-state index contributed by atoms with van der Waals surface area (Å²) in [4.78, 5) is 35.3. The zero-order chi connectivity index (χ0) is 13.7. The van der Waals surface area contributed by atoms with Gasteiger partial charge < -0.3 is 20.6 Å². The summed E-state index contributed by atoms with van der Waals surface area (Å²) in [6.45, 7) is 4.53. The van der Waals surface area contributed by atoms with Gasteiger partial charge in [-0.25, -0.2) is 9.59 Å². The minimum absolute atomic E-state index is 0.0279. The lowest BCUT2D eigenvalue weighted by atomic mass is 10.0. The number of hydrogen-bond acceptors (Lipinski definition) is 3. The molecule has 0 spiro atoms. The Morgan fingerprint density at radius 1 is 1.50 bits per heavy atom. The molecule has 0 bridgehead atoms. The van der Waals surface area contributed by atoms with E-state index in [0.29, 0.717) is 19.5 Å². The molecule has 1 fully saturated rings. The van der Waals surface area contributed by atoms with Crippen molar-refractivity contribution in [3.63, 3.8) is 0 Å². The molecule has 3 N–H and O–H groups in total. The lowest BCUT2D eigenvalue weighted by Crippen LogP contribution is -2.55. The molecular formula is C11H19N3O4. The van der Waals surface area contributed by atoms with Gasteiger partial charge in [-0.1, -0.05) is 13.8 Å². The summed E-state index contributed by atoms with van der Waals surface area (Å²) in [7, 11) is 0. The maximum Gasteiger partial charge on any atom is 0.326 e. The molecule has 3 amide bonds. The molecule has 1 rings (SSSR count). The van der Waals surface area contributed by atoms with Crippen molar-refractivity contribution in [3.8, 4) is 0 Å². The van der Waals surface area contributed by atoms with E-state index in [1.54, 1.807) is 0 Å². The topological polar surface area (TPSA) is 98.7 Å². The van der Waals surface area contributed by atoms with E-state index < -0.39 is 18.0 Å². The third-order valence-corrected chi connectivity index (χ3v) is 2.63. The van der Waals surface area contributed by atoms with E-state index in [0.717, 1.165) is 0 Å². The minimum Gasteiger partial charge on any atom is -0.480 e. The first-order valence-electron chi connectivity index (χ1n) is 5.95. The molecule has 1 aliphatic rings. The number of rotatable bonds is 4. The first-order valence-corrected chi connectivity index (χ1v) is 5.95. The van der Waals surface area contributed by atoms with Crippen LogP contribution in [0, 0.1) is 5.92 Å². The van der Waals surface area contributed by atoms with Gasteiger partial charge in [-0.3, -0.25) is 4.79 Å². The highest BCUT2D eigenvalue weighted by atomic mass is 16.4. The molecule has 0 aliphatic carbocycles. The van der Waals surface area contributed by atoms with E-state index in [9.17, 15) is 14.4 Å². The molecule has 0 aromatic rings. The molecule has 102 valence electrons.